The molecule has 1 aliphatic rings. The lowest BCUT2D eigenvalue weighted by molar-refractivity contribution is 0.104. The zero-order valence-electron chi connectivity index (χ0n) is 8.32. The summed E-state index contributed by atoms with van der Waals surface area (Å²) < 4.78 is 7.92. The Balaban J connectivity index is 1.80. The molecule has 4 nitrogen and oxygen atoms in total. The van der Waals surface area contributed by atoms with Gasteiger partial charge in [0.05, 0.1) is 17.8 Å². The molecule has 1 aliphatic carbocycles. The van der Waals surface area contributed by atoms with Crippen molar-refractivity contribution < 1.29 is 5.11 Å². The van der Waals surface area contributed by atoms with Crippen LogP contribution in [0.4, 0.5) is 5.82 Å². The smallest absolute Gasteiger partial charge is 0.186 e. The van der Waals surface area contributed by atoms with Gasteiger partial charge in [-0.3, -0.25) is 0 Å². The zero-order valence-corrected chi connectivity index (χ0v) is 9.89. The number of nitrogens with one attached hydrogen (secondary N) is 1. The first kappa shape index (κ1) is 11.1. The van der Waals surface area contributed by atoms with Crippen LogP contribution in [0.3, 0.4) is 0 Å². The van der Waals surface area contributed by atoms with E-state index in [1.807, 2.05) is 0 Å². The minimum Gasteiger partial charge on any atom is -0.393 e. The van der Waals surface area contributed by atoms with Gasteiger partial charge in [-0.25, -0.2) is 0 Å². The number of hydrogen-bond acceptors (Lipinski definition) is 5. The first-order valence-electron chi connectivity index (χ1n) is 5.15. The van der Waals surface area contributed by atoms with Crippen LogP contribution in [0.15, 0.2) is 0 Å². The molecule has 15 heavy (non-hydrogen) atoms. The highest BCUT2D eigenvalue weighted by molar-refractivity contribution is 6.99. The van der Waals surface area contributed by atoms with E-state index in [4.69, 9.17) is 11.6 Å². The minimum atomic E-state index is -0.130. The van der Waals surface area contributed by atoms with Crippen molar-refractivity contribution in [3.05, 3.63) is 5.15 Å². The average Bonchev–Trinajstić information content (AvgIpc) is 2.61. The quantitative estimate of drug-likeness (QED) is 0.860. The van der Waals surface area contributed by atoms with Crippen LogP contribution < -0.4 is 5.32 Å². The third-order valence-electron chi connectivity index (χ3n) is 2.76. The Bertz CT molecular complexity index is 320. The van der Waals surface area contributed by atoms with Gasteiger partial charge in [-0.2, -0.15) is 8.75 Å². The van der Waals surface area contributed by atoms with E-state index in [1.54, 1.807) is 0 Å². The molecule has 2 atom stereocenters. The van der Waals surface area contributed by atoms with Crippen LogP contribution in [-0.2, 0) is 0 Å². The SMILES string of the molecule is OC1CCCC(CNc2nsnc2Cl)C1. The lowest BCUT2D eigenvalue weighted by Crippen LogP contribution is -2.25. The molecule has 0 radical (unpaired) electrons. The third-order valence-corrected chi connectivity index (χ3v) is 3.65. The number of nitrogens with zero attached hydrogens (tertiary/aromatic N) is 2. The van der Waals surface area contributed by atoms with E-state index in [0.29, 0.717) is 16.9 Å². The van der Waals surface area contributed by atoms with Gasteiger partial charge in [-0.15, -0.1) is 0 Å². The first-order chi connectivity index (χ1) is 7.25. The number of rotatable bonds is 3. The average molecular weight is 248 g/mol. The molecule has 1 fully saturated rings. The van der Waals surface area contributed by atoms with Crippen molar-refractivity contribution in [2.75, 3.05) is 11.9 Å². The fourth-order valence-corrected chi connectivity index (χ4v) is 2.66. The molecule has 0 amide bonds. The van der Waals surface area contributed by atoms with Crippen molar-refractivity contribution in [2.45, 2.75) is 31.8 Å². The van der Waals surface area contributed by atoms with Crippen LogP contribution >= 0.6 is 23.3 Å². The number of aromatic nitrogens is 2. The van der Waals surface area contributed by atoms with Crippen molar-refractivity contribution in [3.8, 4) is 0 Å². The molecule has 0 saturated heterocycles. The van der Waals surface area contributed by atoms with Gasteiger partial charge in [0.2, 0.25) is 0 Å². The van der Waals surface area contributed by atoms with E-state index in [0.717, 1.165) is 37.5 Å². The Morgan fingerprint density at radius 3 is 3.00 bits per heavy atom. The van der Waals surface area contributed by atoms with Crippen LogP contribution in [0.25, 0.3) is 0 Å². The summed E-state index contributed by atoms with van der Waals surface area (Å²) in [7, 11) is 0. The zero-order chi connectivity index (χ0) is 10.7. The van der Waals surface area contributed by atoms with Crippen LogP contribution in [0.5, 0.6) is 0 Å². The maximum Gasteiger partial charge on any atom is 0.186 e. The van der Waals surface area contributed by atoms with Crippen LogP contribution in [0.1, 0.15) is 25.7 Å². The van der Waals surface area contributed by atoms with Gasteiger partial charge in [0.15, 0.2) is 11.0 Å². The molecule has 84 valence electrons. The van der Waals surface area contributed by atoms with Gasteiger partial charge in [-0.05, 0) is 25.2 Å². The molecule has 0 spiro atoms. The molecule has 1 heterocycles. The van der Waals surface area contributed by atoms with Crippen molar-refractivity contribution in [1.82, 2.24) is 8.75 Å². The Kier molecular flexibility index (Phi) is 3.77. The number of aliphatic hydroxyl groups is 1. The second-order valence-electron chi connectivity index (χ2n) is 3.97. The summed E-state index contributed by atoms with van der Waals surface area (Å²) >= 11 is 6.92. The van der Waals surface area contributed by atoms with E-state index in [-0.39, 0.29) is 6.10 Å². The Morgan fingerprint density at radius 1 is 1.47 bits per heavy atom. The molecule has 0 bridgehead atoms. The fraction of sp³-hybridized carbons (Fsp3) is 0.778. The molecular formula is C9H14ClN3OS. The first-order valence-corrected chi connectivity index (χ1v) is 6.26. The van der Waals surface area contributed by atoms with Crippen LogP contribution in [0.2, 0.25) is 5.15 Å². The topological polar surface area (TPSA) is 58.0 Å². The lowest BCUT2D eigenvalue weighted by atomic mass is 9.87. The summed E-state index contributed by atoms with van der Waals surface area (Å²) in [6, 6.07) is 0. The second-order valence-corrected chi connectivity index (χ2v) is 4.86. The van der Waals surface area contributed by atoms with Crippen molar-refractivity contribution in [2.24, 2.45) is 5.92 Å². The molecule has 0 aliphatic heterocycles. The monoisotopic (exact) mass is 247 g/mol. The largest absolute Gasteiger partial charge is 0.393 e. The Morgan fingerprint density at radius 2 is 2.33 bits per heavy atom. The molecular weight excluding hydrogens is 234 g/mol. The highest BCUT2D eigenvalue weighted by atomic mass is 35.5. The minimum absolute atomic E-state index is 0.130. The van der Waals surface area contributed by atoms with Crippen molar-refractivity contribution in [1.29, 1.82) is 0 Å². The van der Waals surface area contributed by atoms with Gasteiger partial charge >= 0.3 is 0 Å². The molecule has 2 rings (SSSR count). The maximum atomic E-state index is 9.51. The van der Waals surface area contributed by atoms with E-state index in [9.17, 15) is 5.11 Å². The number of halogens is 1. The summed E-state index contributed by atoms with van der Waals surface area (Å²) in [6.07, 6.45) is 3.96. The molecule has 2 unspecified atom stereocenters. The molecule has 1 aromatic rings. The predicted octanol–water partition coefficient (Wildman–Crippen LogP) is 2.15. The normalized spacial score (nSPS) is 26.5. The van der Waals surface area contributed by atoms with Gasteiger partial charge < -0.3 is 10.4 Å². The van der Waals surface area contributed by atoms with Crippen molar-refractivity contribution >= 4 is 29.1 Å². The summed E-state index contributed by atoms with van der Waals surface area (Å²) in [4.78, 5) is 0. The summed E-state index contributed by atoms with van der Waals surface area (Å²) in [6.45, 7) is 0.822. The predicted molar refractivity (Wildman–Crippen MR) is 61.4 cm³/mol. The Hall–Kier alpha value is -0.390. The number of hydrogen-bond donors (Lipinski definition) is 2. The van der Waals surface area contributed by atoms with Crippen LogP contribution in [0, 0.1) is 5.92 Å². The van der Waals surface area contributed by atoms with E-state index >= 15 is 0 Å². The summed E-state index contributed by atoms with van der Waals surface area (Å²) in [5.41, 5.74) is 0. The molecule has 2 N–H and O–H groups in total. The lowest BCUT2D eigenvalue weighted by Gasteiger charge is -2.25. The van der Waals surface area contributed by atoms with Crippen LogP contribution in [-0.4, -0.2) is 26.5 Å². The molecule has 1 saturated carbocycles. The van der Waals surface area contributed by atoms with Gasteiger partial charge in [0.1, 0.15) is 0 Å². The van der Waals surface area contributed by atoms with Gasteiger partial charge in [-0.1, -0.05) is 18.0 Å². The summed E-state index contributed by atoms with van der Waals surface area (Å²) in [5.74, 6) is 1.19. The van der Waals surface area contributed by atoms with E-state index in [1.165, 1.54) is 6.42 Å². The maximum absolute atomic E-state index is 9.51. The molecule has 1 aromatic heterocycles. The Labute approximate surface area is 98.0 Å². The fourth-order valence-electron chi connectivity index (χ4n) is 1.97. The summed E-state index contributed by atoms with van der Waals surface area (Å²) in [5, 5.41) is 13.1. The molecule has 0 aromatic carbocycles. The number of aliphatic hydroxyl groups excluding tert-OH is 1. The van der Waals surface area contributed by atoms with Crippen molar-refractivity contribution in [3.63, 3.8) is 0 Å². The number of anilines is 1. The van der Waals surface area contributed by atoms with E-state index < -0.39 is 0 Å². The van der Waals surface area contributed by atoms with E-state index in [2.05, 4.69) is 14.1 Å². The second kappa shape index (κ2) is 5.09. The molecule has 6 heteroatoms. The van der Waals surface area contributed by atoms with Gasteiger partial charge in [0, 0.05) is 6.54 Å². The highest BCUT2D eigenvalue weighted by Gasteiger charge is 2.20. The third kappa shape index (κ3) is 3.03. The van der Waals surface area contributed by atoms with Gasteiger partial charge in [0.25, 0.3) is 0 Å². The highest BCUT2D eigenvalue weighted by Crippen LogP contribution is 2.25. The standard InChI is InChI=1S/C9H14ClN3OS/c10-8-9(13-15-12-8)11-5-6-2-1-3-7(14)4-6/h6-7,14H,1-5H2,(H,11,13).